The van der Waals surface area contributed by atoms with Crippen LogP contribution in [0.4, 0.5) is 17.1 Å². The normalized spacial score (nSPS) is 9.91. The minimum atomic E-state index is 0. The topological polar surface area (TPSA) is 78.8 Å². The van der Waals surface area contributed by atoms with Crippen molar-refractivity contribution >= 4 is 27.8 Å². The zero-order valence-corrected chi connectivity index (χ0v) is 78.1. The van der Waals surface area contributed by atoms with E-state index in [1.54, 1.807) is 19.5 Å². The number of benzene rings is 8. The molecule has 0 N–H and O–H groups in total. The molecular formula is C82H85Ir9N4O4-3. The van der Waals surface area contributed by atoms with E-state index in [-0.39, 0.29) is 181 Å². The second-order valence-corrected chi connectivity index (χ2v) is 23.2. The predicted octanol–water partition coefficient (Wildman–Crippen LogP) is 21.7. The quantitative estimate of drug-likeness (QED) is 0.0392. The summed E-state index contributed by atoms with van der Waals surface area (Å²) in [4.78, 5) is 15.8. The summed E-state index contributed by atoms with van der Waals surface area (Å²) in [6, 6.07) is 82.1. The van der Waals surface area contributed by atoms with Crippen LogP contribution < -0.4 is 23.8 Å². The molecule has 0 saturated heterocycles. The van der Waals surface area contributed by atoms with Crippen LogP contribution in [0.25, 0.3) is 66.8 Å². The van der Waals surface area contributed by atoms with Gasteiger partial charge in [0.05, 0.1) is 26.9 Å². The second-order valence-electron chi connectivity index (χ2n) is 23.2. The van der Waals surface area contributed by atoms with Gasteiger partial charge in [-0.05, 0) is 154 Å². The van der Waals surface area contributed by atoms with Gasteiger partial charge >= 0.3 is 0 Å². The molecule has 17 heteroatoms. The van der Waals surface area contributed by atoms with E-state index in [2.05, 4.69) is 219 Å². The molecule has 9 radical (unpaired) electrons. The van der Waals surface area contributed by atoms with Gasteiger partial charge in [-0.3, -0.25) is 0 Å². The first-order valence-electron chi connectivity index (χ1n) is 32.0. The SMILES string of the molecule is CC(C)COc1ccc(-c2cc[c-]c(-c3ccccn3)c2)cc1OCC(C)C.CCCCCCCCCCOc1cccc(-c2cc[c-]c(-c3nccc4ccccc34)c2)c1.CCc1ccc(N(c2ccc(OC)cc2)c2cc[c-]c(-c3ccccn3)c2)cc1.[Ir].[Ir].[Ir].[Ir].[Ir].[Ir].[Ir].[Ir].[Ir]. The van der Waals surface area contributed by atoms with E-state index in [0.717, 1.165) is 121 Å². The summed E-state index contributed by atoms with van der Waals surface area (Å²) in [6.45, 7) is 15.1. The summed E-state index contributed by atoms with van der Waals surface area (Å²) in [6.07, 6.45) is 17.0. The van der Waals surface area contributed by atoms with Crippen molar-refractivity contribution in [3.05, 3.63) is 255 Å². The van der Waals surface area contributed by atoms with Gasteiger partial charge in [-0.15, -0.1) is 101 Å². The van der Waals surface area contributed by atoms with Crippen LogP contribution in [0.5, 0.6) is 23.0 Å². The Labute approximate surface area is 710 Å². The molecule has 8 aromatic carbocycles. The molecule has 8 nitrogen and oxygen atoms in total. The molecule has 0 amide bonds. The fourth-order valence-corrected chi connectivity index (χ4v) is 10.4. The zero-order chi connectivity index (χ0) is 62.7. The number of methoxy groups -OCH3 is 1. The Hall–Kier alpha value is -3.69. The van der Waals surface area contributed by atoms with E-state index in [0.29, 0.717) is 25.0 Å². The summed E-state index contributed by atoms with van der Waals surface area (Å²) < 4.78 is 23.4. The first-order chi connectivity index (χ1) is 44.2. The van der Waals surface area contributed by atoms with Gasteiger partial charge < -0.3 is 38.8 Å². The number of ether oxygens (including phenoxy) is 4. The summed E-state index contributed by atoms with van der Waals surface area (Å²) >= 11 is 0. The monoisotopic (exact) mass is 2930 g/mol. The Morgan fingerprint density at radius 3 is 1.51 bits per heavy atom. The van der Waals surface area contributed by atoms with Crippen LogP contribution in [0.2, 0.25) is 0 Å². The van der Waals surface area contributed by atoms with Gasteiger partial charge in [0.1, 0.15) is 11.5 Å². The number of rotatable bonds is 26. The van der Waals surface area contributed by atoms with Gasteiger partial charge in [-0.1, -0.05) is 165 Å². The molecule has 11 rings (SSSR count). The third-order valence-electron chi connectivity index (χ3n) is 15.2. The van der Waals surface area contributed by atoms with E-state index in [4.69, 9.17) is 18.9 Å². The molecule has 0 atom stereocenters. The number of aryl methyl sites for hydroxylation is 1. The number of pyridine rings is 3. The summed E-state index contributed by atoms with van der Waals surface area (Å²) in [5.74, 6) is 4.27. The van der Waals surface area contributed by atoms with Crippen LogP contribution in [0.15, 0.2) is 231 Å². The molecule has 0 aliphatic heterocycles. The van der Waals surface area contributed by atoms with Crippen molar-refractivity contribution in [1.29, 1.82) is 0 Å². The van der Waals surface area contributed by atoms with E-state index >= 15 is 0 Å². The van der Waals surface area contributed by atoms with Gasteiger partial charge in [-0.25, -0.2) is 0 Å². The minimum absolute atomic E-state index is 0. The van der Waals surface area contributed by atoms with Crippen LogP contribution in [0, 0.1) is 30.0 Å². The third kappa shape index (κ3) is 30.1. The van der Waals surface area contributed by atoms with Crippen LogP contribution in [0.1, 0.15) is 98.5 Å². The van der Waals surface area contributed by atoms with E-state index in [1.807, 2.05) is 79.0 Å². The second kappa shape index (κ2) is 52.3. The maximum atomic E-state index is 6.07. The van der Waals surface area contributed by atoms with Crippen LogP contribution in [-0.4, -0.2) is 41.9 Å². The predicted molar refractivity (Wildman–Crippen MR) is 373 cm³/mol. The zero-order valence-electron chi connectivity index (χ0n) is 56.5. The number of hydrogen-bond donors (Lipinski definition) is 0. The van der Waals surface area contributed by atoms with Gasteiger partial charge in [-0.2, -0.15) is 0 Å². The first kappa shape index (κ1) is 95.3. The fraction of sp³-hybridized carbons (Fsp3) is 0.256. The summed E-state index contributed by atoms with van der Waals surface area (Å²) in [5, 5.41) is 2.34. The largest absolute Gasteiger partial charge is 0.497 e. The van der Waals surface area contributed by atoms with Gasteiger partial charge in [0.25, 0.3) is 0 Å². The maximum Gasteiger partial charge on any atom is 0.161 e. The molecule has 0 aliphatic rings. The number of fused-ring (bicyclic) bond motifs is 1. The Morgan fingerprint density at radius 1 is 0.394 bits per heavy atom. The molecule has 0 unspecified atom stereocenters. The van der Waals surface area contributed by atoms with E-state index in [9.17, 15) is 0 Å². The van der Waals surface area contributed by atoms with Gasteiger partial charge in [0, 0.05) is 211 Å². The molecule has 0 aliphatic carbocycles. The Kier molecular flexibility index (Phi) is 50.3. The molecule has 0 saturated carbocycles. The van der Waals surface area contributed by atoms with Crippen LogP contribution in [-0.2, 0) is 187 Å². The Balaban J connectivity index is 0.00000140. The average molecular weight is 2920 g/mol. The summed E-state index contributed by atoms with van der Waals surface area (Å²) in [7, 11) is 1.68. The van der Waals surface area contributed by atoms with Crippen molar-refractivity contribution in [2.75, 3.05) is 31.8 Å². The maximum absolute atomic E-state index is 6.07. The number of unbranched alkanes of at least 4 members (excludes halogenated alkanes) is 7. The van der Waals surface area contributed by atoms with Crippen molar-refractivity contribution in [3.63, 3.8) is 0 Å². The van der Waals surface area contributed by atoms with Crippen LogP contribution in [0.3, 0.4) is 0 Å². The van der Waals surface area contributed by atoms with Crippen molar-refractivity contribution in [2.45, 2.75) is 99.3 Å². The van der Waals surface area contributed by atoms with E-state index in [1.165, 1.54) is 55.9 Å². The van der Waals surface area contributed by atoms with Gasteiger partial charge in [0.15, 0.2) is 11.5 Å². The van der Waals surface area contributed by atoms with Crippen molar-refractivity contribution < 1.29 is 200 Å². The van der Waals surface area contributed by atoms with Crippen molar-refractivity contribution in [3.8, 4) is 79.0 Å². The Morgan fingerprint density at radius 2 is 0.919 bits per heavy atom. The van der Waals surface area contributed by atoms with Crippen LogP contribution >= 0.6 is 0 Å². The number of nitrogens with zero attached hydrogens (tertiary/aromatic N) is 4. The summed E-state index contributed by atoms with van der Waals surface area (Å²) in [5.41, 5.74) is 14.8. The first-order valence-corrected chi connectivity index (χ1v) is 32.0. The number of aromatic nitrogens is 3. The number of hydrogen-bond acceptors (Lipinski definition) is 8. The molecule has 0 bridgehead atoms. The van der Waals surface area contributed by atoms with Gasteiger partial charge in [0.2, 0.25) is 0 Å². The standard InChI is InChI=1S/C31H34NO.C26H23N2O.C25H28NO2.9Ir/c1-2-3-4-5-6-7-8-11-22-33-29-18-13-16-27(24-29)26-15-12-17-28(23-26)31-30-19-10-9-14-25(30)20-21-32-31;1-3-20-10-12-22(13-11-20)28(23-14-16-25(29-2)17-15-23)24-8-6-7-21(19-24)26-9-4-5-18-27-26;1-18(2)16-27-24-12-11-21(15-25(24)28-17-19(3)4)20-8-7-9-22(14-20)23-10-5-6-13-26-23;;;;;;;;;/h9-10,12-16,18-21,23-24H,2-8,11,22H2,1H3;4-6,8-19H,3H2,1-2H3;5-8,10-15,18-19H,16-17H2,1-4H3;;;;;;;;;/q3*-1;;;;;;;;;. The molecule has 99 heavy (non-hydrogen) atoms. The van der Waals surface area contributed by atoms with Crippen molar-refractivity contribution in [1.82, 2.24) is 15.0 Å². The third-order valence-corrected chi connectivity index (χ3v) is 15.2. The minimum Gasteiger partial charge on any atom is -0.497 e. The molecular weight excluding hydrogens is 2830 g/mol. The average Bonchev–Trinajstić information content (AvgIpc) is 0.859. The van der Waals surface area contributed by atoms with E-state index < -0.39 is 0 Å². The molecule has 0 spiro atoms. The molecule has 0 fully saturated rings. The molecule has 541 valence electrons. The van der Waals surface area contributed by atoms with Crippen molar-refractivity contribution in [2.24, 2.45) is 11.8 Å². The molecule has 3 heterocycles. The number of anilines is 3. The molecule has 11 aromatic rings. The Bertz CT molecular complexity index is 3900. The fourth-order valence-electron chi connectivity index (χ4n) is 10.4. The molecule has 3 aromatic heterocycles. The smallest absolute Gasteiger partial charge is 0.161 e.